The summed E-state index contributed by atoms with van der Waals surface area (Å²) < 4.78 is 2.36. The topological polar surface area (TPSA) is 37.3 Å². The molecule has 3 aliphatic rings. The van der Waals surface area contributed by atoms with E-state index in [9.17, 15) is 4.79 Å². The molecule has 1 aliphatic carbocycles. The zero-order chi connectivity index (χ0) is 25.3. The monoisotopic (exact) mass is 489 g/mol. The Balaban J connectivity index is 1.44. The third kappa shape index (κ3) is 4.66. The molecule has 36 heavy (non-hydrogen) atoms. The molecule has 1 amide bonds. The van der Waals surface area contributed by atoms with Gasteiger partial charge in [-0.3, -0.25) is 4.79 Å². The number of nitrogens with one attached hydrogen (secondary N) is 1. The fraction of sp³-hybridized carbons (Fsp3) is 0.656. The minimum atomic E-state index is -0.152. The van der Waals surface area contributed by atoms with E-state index in [4.69, 9.17) is 0 Å². The maximum absolute atomic E-state index is 14.5. The zero-order valence-corrected chi connectivity index (χ0v) is 23.1. The summed E-state index contributed by atoms with van der Waals surface area (Å²) in [7, 11) is 2.19. The summed E-state index contributed by atoms with van der Waals surface area (Å²) in [5.41, 5.74) is 5.44. The summed E-state index contributed by atoms with van der Waals surface area (Å²) >= 11 is 0. The van der Waals surface area contributed by atoms with Crippen LogP contribution in [-0.4, -0.2) is 41.1 Å². The standard InChI is InChI=1S/C32H47N3O/c1-5-12-29-27(19-23(2)34(29)4)32(3)22-33-21-28(32)31(36)35-18-17-26(24-13-8-6-9-14-24)20-30(35)25-15-10-7-11-16-25/h6,8-9,13-14,19,25-26,28,30,33H,5,7,10-12,15-18,20-22H2,1-4H3. The van der Waals surface area contributed by atoms with Crippen LogP contribution < -0.4 is 5.32 Å². The highest BCUT2D eigenvalue weighted by Gasteiger charge is 2.49. The van der Waals surface area contributed by atoms with E-state index in [0.717, 1.165) is 45.3 Å². The predicted molar refractivity (Wildman–Crippen MR) is 148 cm³/mol. The summed E-state index contributed by atoms with van der Waals surface area (Å²) in [6, 6.07) is 13.8. The van der Waals surface area contributed by atoms with E-state index in [-0.39, 0.29) is 11.3 Å². The van der Waals surface area contributed by atoms with Gasteiger partial charge in [0, 0.05) is 49.5 Å². The predicted octanol–water partition coefficient (Wildman–Crippen LogP) is 6.12. The van der Waals surface area contributed by atoms with Gasteiger partial charge < -0.3 is 14.8 Å². The molecule has 5 rings (SSSR count). The van der Waals surface area contributed by atoms with E-state index < -0.39 is 0 Å². The van der Waals surface area contributed by atoms with Crippen molar-refractivity contribution >= 4 is 5.91 Å². The van der Waals surface area contributed by atoms with Crippen molar-refractivity contribution in [1.29, 1.82) is 0 Å². The smallest absolute Gasteiger partial charge is 0.228 e. The average Bonchev–Trinajstić information content (AvgIpc) is 3.45. The van der Waals surface area contributed by atoms with Crippen LogP contribution in [0.4, 0.5) is 0 Å². The molecule has 196 valence electrons. The minimum Gasteiger partial charge on any atom is -0.352 e. The van der Waals surface area contributed by atoms with Crippen LogP contribution in [0.3, 0.4) is 0 Å². The van der Waals surface area contributed by atoms with Gasteiger partial charge in [-0.15, -0.1) is 0 Å². The Bertz CT molecular complexity index is 1040. The first-order valence-corrected chi connectivity index (χ1v) is 14.7. The van der Waals surface area contributed by atoms with Crippen molar-refractivity contribution in [3.8, 4) is 0 Å². The lowest BCUT2D eigenvalue weighted by molar-refractivity contribution is -0.142. The molecule has 2 aliphatic heterocycles. The summed E-state index contributed by atoms with van der Waals surface area (Å²) in [6.07, 6.45) is 11.0. The largest absolute Gasteiger partial charge is 0.352 e. The Morgan fingerprint density at radius 2 is 1.86 bits per heavy atom. The number of amides is 1. The highest BCUT2D eigenvalue weighted by Crippen LogP contribution is 2.44. The normalized spacial score (nSPS) is 29.6. The first kappa shape index (κ1) is 25.6. The van der Waals surface area contributed by atoms with Crippen molar-refractivity contribution in [2.24, 2.45) is 18.9 Å². The van der Waals surface area contributed by atoms with Crippen molar-refractivity contribution in [3.05, 3.63) is 58.9 Å². The van der Waals surface area contributed by atoms with E-state index in [0.29, 0.717) is 23.8 Å². The van der Waals surface area contributed by atoms with Crippen molar-refractivity contribution in [2.45, 2.75) is 95.9 Å². The van der Waals surface area contributed by atoms with Crippen molar-refractivity contribution in [2.75, 3.05) is 19.6 Å². The molecular weight excluding hydrogens is 442 g/mol. The van der Waals surface area contributed by atoms with E-state index in [1.165, 1.54) is 54.6 Å². The molecule has 0 radical (unpaired) electrons. The number of nitrogens with zero attached hydrogens (tertiary/aromatic N) is 2. The van der Waals surface area contributed by atoms with Gasteiger partial charge >= 0.3 is 0 Å². The number of hydrogen-bond acceptors (Lipinski definition) is 2. The molecule has 4 heteroatoms. The Morgan fingerprint density at radius 1 is 1.11 bits per heavy atom. The number of hydrogen-bond donors (Lipinski definition) is 1. The van der Waals surface area contributed by atoms with Gasteiger partial charge in [0.1, 0.15) is 0 Å². The van der Waals surface area contributed by atoms with E-state index in [1.54, 1.807) is 0 Å². The molecule has 4 unspecified atom stereocenters. The van der Waals surface area contributed by atoms with Crippen LogP contribution in [0.5, 0.6) is 0 Å². The van der Waals surface area contributed by atoms with Gasteiger partial charge in [0.25, 0.3) is 0 Å². The van der Waals surface area contributed by atoms with Crippen LogP contribution in [0.15, 0.2) is 36.4 Å². The van der Waals surface area contributed by atoms with Gasteiger partial charge in [-0.05, 0) is 68.1 Å². The summed E-state index contributed by atoms with van der Waals surface area (Å²) in [4.78, 5) is 16.9. The Labute approximate surface area is 218 Å². The third-order valence-corrected chi connectivity index (χ3v) is 10.0. The highest BCUT2D eigenvalue weighted by atomic mass is 16.2. The Morgan fingerprint density at radius 3 is 2.58 bits per heavy atom. The molecule has 2 aromatic rings. The lowest BCUT2D eigenvalue weighted by atomic mass is 9.71. The number of likely N-dealkylation sites (tertiary alicyclic amines) is 1. The van der Waals surface area contributed by atoms with E-state index in [1.807, 2.05) is 0 Å². The van der Waals surface area contributed by atoms with Crippen LogP contribution in [0, 0.1) is 18.8 Å². The lowest BCUT2D eigenvalue weighted by Crippen LogP contribution is -2.54. The number of piperidine rings is 1. The molecule has 1 aromatic carbocycles. The Hall–Kier alpha value is -2.07. The Kier molecular flexibility index (Phi) is 7.62. The number of aromatic nitrogens is 1. The average molecular weight is 490 g/mol. The van der Waals surface area contributed by atoms with E-state index in [2.05, 4.69) is 79.0 Å². The fourth-order valence-corrected chi connectivity index (χ4v) is 7.75. The van der Waals surface area contributed by atoms with Gasteiger partial charge in [0.2, 0.25) is 5.91 Å². The first-order chi connectivity index (χ1) is 17.4. The summed E-state index contributed by atoms with van der Waals surface area (Å²) in [5, 5.41) is 3.65. The van der Waals surface area contributed by atoms with Crippen molar-refractivity contribution < 1.29 is 4.79 Å². The number of carbonyl (C=O) groups excluding carboxylic acids is 1. The highest BCUT2D eigenvalue weighted by molar-refractivity contribution is 5.82. The van der Waals surface area contributed by atoms with Crippen molar-refractivity contribution in [3.63, 3.8) is 0 Å². The van der Waals surface area contributed by atoms with Gasteiger partial charge in [-0.2, -0.15) is 0 Å². The van der Waals surface area contributed by atoms with Gasteiger partial charge in [0.15, 0.2) is 0 Å². The molecule has 1 saturated carbocycles. The molecule has 3 heterocycles. The molecule has 1 N–H and O–H groups in total. The third-order valence-electron chi connectivity index (χ3n) is 10.0. The van der Waals surface area contributed by atoms with Gasteiger partial charge in [-0.25, -0.2) is 0 Å². The minimum absolute atomic E-state index is 0.00859. The van der Waals surface area contributed by atoms with E-state index >= 15 is 0 Å². The fourth-order valence-electron chi connectivity index (χ4n) is 7.75. The maximum atomic E-state index is 14.5. The molecular formula is C32H47N3O. The van der Waals surface area contributed by atoms with Crippen LogP contribution in [0.1, 0.15) is 93.6 Å². The SMILES string of the molecule is CCCc1c(C2(C)CNCC2C(=O)N2CCC(c3ccccc3)CC2C2CCCCC2)cc(C)n1C. The number of rotatable bonds is 6. The number of benzene rings is 1. The van der Waals surface area contributed by atoms with Crippen molar-refractivity contribution in [1.82, 2.24) is 14.8 Å². The second kappa shape index (κ2) is 10.7. The molecule has 0 spiro atoms. The summed E-state index contributed by atoms with van der Waals surface area (Å²) in [6.45, 7) is 9.41. The molecule has 4 atom stereocenters. The molecule has 1 aromatic heterocycles. The second-order valence-corrected chi connectivity index (χ2v) is 12.2. The van der Waals surface area contributed by atoms with Crippen LogP contribution in [0.25, 0.3) is 0 Å². The molecule has 4 nitrogen and oxygen atoms in total. The summed E-state index contributed by atoms with van der Waals surface area (Å²) in [5.74, 6) is 1.65. The zero-order valence-electron chi connectivity index (χ0n) is 23.1. The molecule has 2 saturated heterocycles. The van der Waals surface area contributed by atoms with Gasteiger partial charge in [0.05, 0.1) is 5.92 Å². The first-order valence-electron chi connectivity index (χ1n) is 14.7. The second-order valence-electron chi connectivity index (χ2n) is 12.2. The van der Waals surface area contributed by atoms with Gasteiger partial charge in [-0.1, -0.05) is 69.9 Å². The number of aryl methyl sites for hydroxylation is 1. The lowest BCUT2D eigenvalue weighted by Gasteiger charge is -2.47. The van der Waals surface area contributed by atoms with Crippen LogP contribution in [-0.2, 0) is 23.7 Å². The van der Waals surface area contributed by atoms with Crippen LogP contribution >= 0.6 is 0 Å². The molecule has 0 bridgehead atoms. The number of carbonyl (C=O) groups is 1. The maximum Gasteiger partial charge on any atom is 0.228 e. The quantitative estimate of drug-likeness (QED) is 0.531. The molecule has 3 fully saturated rings. The van der Waals surface area contributed by atoms with Crippen LogP contribution in [0.2, 0.25) is 0 Å².